The molecule has 0 aromatic heterocycles. The number of nitrogens with one attached hydrogen (secondary N) is 1. The number of rotatable bonds is 3. The number of thioether (sulfide) groups is 1. The summed E-state index contributed by atoms with van der Waals surface area (Å²) in [5, 5.41) is 3.67. The second kappa shape index (κ2) is 6.40. The lowest BCUT2D eigenvalue weighted by atomic mass is 10.0. The van der Waals surface area contributed by atoms with Crippen LogP contribution in [0.1, 0.15) is 48.0 Å². The van der Waals surface area contributed by atoms with E-state index in [1.165, 1.54) is 42.6 Å². The molecule has 4 rings (SSSR count). The lowest BCUT2D eigenvalue weighted by molar-refractivity contribution is 0.0966. The molecule has 2 aromatic carbocycles. The molecule has 2 aliphatic rings. The van der Waals surface area contributed by atoms with Crippen LogP contribution in [-0.4, -0.2) is 11.2 Å². The van der Waals surface area contributed by atoms with E-state index < -0.39 is 0 Å². The zero-order valence-electron chi connectivity index (χ0n) is 13.2. The molecule has 0 saturated heterocycles. The zero-order valence-corrected chi connectivity index (χ0v) is 14.0. The van der Waals surface area contributed by atoms with Gasteiger partial charge in [0.25, 0.3) is 5.91 Å². The Morgan fingerprint density at radius 2 is 1.65 bits per heavy atom. The molecular weight excluding hydrogens is 302 g/mol. The third kappa shape index (κ3) is 3.16. The number of carbonyl (C=O) groups is 1. The van der Waals surface area contributed by atoms with Gasteiger partial charge in [0.2, 0.25) is 0 Å². The average molecular weight is 323 g/mol. The van der Waals surface area contributed by atoms with Crippen LogP contribution >= 0.6 is 11.8 Å². The monoisotopic (exact) mass is 323 g/mol. The molecule has 0 bridgehead atoms. The topological polar surface area (TPSA) is 29.1 Å². The average Bonchev–Trinajstić information content (AvgIpc) is 2.97. The van der Waals surface area contributed by atoms with Gasteiger partial charge in [0.05, 0.1) is 0 Å². The van der Waals surface area contributed by atoms with Crippen molar-refractivity contribution < 1.29 is 4.79 Å². The van der Waals surface area contributed by atoms with Crippen LogP contribution in [-0.2, 0) is 6.54 Å². The molecule has 1 saturated carbocycles. The minimum absolute atomic E-state index is 0.0475. The Bertz CT molecular complexity index is 717. The van der Waals surface area contributed by atoms with Crippen LogP contribution < -0.4 is 5.32 Å². The molecule has 2 aromatic rings. The lowest BCUT2D eigenvalue weighted by Crippen LogP contribution is -2.12. The molecule has 118 valence electrons. The molecule has 1 aliphatic heterocycles. The molecule has 1 N–H and O–H groups in total. The Kier molecular flexibility index (Phi) is 4.13. The fourth-order valence-corrected chi connectivity index (χ4v) is 4.74. The predicted octanol–water partition coefficient (Wildman–Crippen LogP) is 5.02. The molecule has 1 aliphatic carbocycles. The summed E-state index contributed by atoms with van der Waals surface area (Å²) in [6.07, 6.45) is 6.88. The summed E-state index contributed by atoms with van der Waals surface area (Å²) in [4.78, 5) is 13.2. The molecule has 23 heavy (non-hydrogen) atoms. The Balaban J connectivity index is 1.52. The first kappa shape index (κ1) is 14.8. The van der Waals surface area contributed by atoms with Gasteiger partial charge >= 0.3 is 0 Å². The van der Waals surface area contributed by atoms with Crippen LogP contribution in [0.25, 0.3) is 11.1 Å². The molecule has 3 heteroatoms. The fourth-order valence-electron chi connectivity index (χ4n) is 3.49. The Morgan fingerprint density at radius 1 is 0.913 bits per heavy atom. The van der Waals surface area contributed by atoms with Crippen LogP contribution in [0, 0.1) is 0 Å². The van der Waals surface area contributed by atoms with Gasteiger partial charge in [0.15, 0.2) is 0 Å². The second-order valence-corrected chi connectivity index (χ2v) is 7.83. The van der Waals surface area contributed by atoms with E-state index in [0.717, 1.165) is 21.9 Å². The van der Waals surface area contributed by atoms with Gasteiger partial charge in [-0.2, -0.15) is 0 Å². The number of fused-ring (bicyclic) bond motifs is 1. The molecule has 1 fully saturated rings. The van der Waals surface area contributed by atoms with E-state index in [-0.39, 0.29) is 5.91 Å². The van der Waals surface area contributed by atoms with Gasteiger partial charge in [-0.3, -0.25) is 4.79 Å². The first-order valence-corrected chi connectivity index (χ1v) is 9.36. The van der Waals surface area contributed by atoms with Crippen molar-refractivity contribution in [1.82, 2.24) is 5.32 Å². The Labute approximate surface area is 141 Å². The smallest absolute Gasteiger partial charge is 0.251 e. The molecule has 0 radical (unpaired) electrons. The molecule has 0 spiro atoms. The van der Waals surface area contributed by atoms with Crippen molar-refractivity contribution in [1.29, 1.82) is 0 Å². The number of hydrogen-bond acceptors (Lipinski definition) is 2. The number of amides is 1. The highest BCUT2D eigenvalue weighted by atomic mass is 32.2. The van der Waals surface area contributed by atoms with E-state index in [1.807, 2.05) is 17.8 Å². The van der Waals surface area contributed by atoms with Gasteiger partial charge in [-0.15, -0.1) is 11.8 Å². The van der Waals surface area contributed by atoms with Crippen molar-refractivity contribution in [2.75, 3.05) is 0 Å². The third-order valence-corrected chi connectivity index (χ3v) is 6.19. The summed E-state index contributed by atoms with van der Waals surface area (Å²) in [6.45, 7) is 0.658. The summed E-state index contributed by atoms with van der Waals surface area (Å²) in [5.41, 5.74) is 4.22. The molecule has 1 amide bonds. The minimum Gasteiger partial charge on any atom is -0.348 e. The maximum atomic E-state index is 11.8. The Morgan fingerprint density at radius 3 is 2.43 bits per heavy atom. The first-order valence-electron chi connectivity index (χ1n) is 8.48. The quantitative estimate of drug-likeness (QED) is 0.859. The highest BCUT2D eigenvalue weighted by Crippen LogP contribution is 2.34. The molecule has 1 heterocycles. The van der Waals surface area contributed by atoms with Gasteiger partial charge in [-0.1, -0.05) is 43.5 Å². The van der Waals surface area contributed by atoms with Gasteiger partial charge in [-0.05, 0) is 47.7 Å². The molecule has 2 nitrogen and oxygen atoms in total. The van der Waals surface area contributed by atoms with Gasteiger partial charge in [0.1, 0.15) is 0 Å². The molecular formula is C20H21NOS. The number of hydrogen-bond donors (Lipinski definition) is 1. The second-order valence-electron chi connectivity index (χ2n) is 6.46. The zero-order chi connectivity index (χ0) is 15.6. The van der Waals surface area contributed by atoms with Crippen molar-refractivity contribution in [2.45, 2.75) is 48.8 Å². The van der Waals surface area contributed by atoms with Crippen LogP contribution in [0.4, 0.5) is 0 Å². The van der Waals surface area contributed by atoms with Crippen molar-refractivity contribution in [3.63, 3.8) is 0 Å². The highest BCUT2D eigenvalue weighted by molar-refractivity contribution is 8.00. The van der Waals surface area contributed by atoms with E-state index in [9.17, 15) is 4.79 Å². The van der Waals surface area contributed by atoms with Gasteiger partial charge in [0, 0.05) is 22.3 Å². The number of carbonyl (C=O) groups excluding carboxylic acids is 1. The maximum absolute atomic E-state index is 11.8. The fraction of sp³-hybridized carbons (Fsp3) is 0.350. The largest absolute Gasteiger partial charge is 0.348 e. The van der Waals surface area contributed by atoms with Gasteiger partial charge < -0.3 is 5.32 Å². The predicted molar refractivity (Wildman–Crippen MR) is 95.8 cm³/mol. The van der Waals surface area contributed by atoms with Crippen molar-refractivity contribution >= 4 is 17.7 Å². The van der Waals surface area contributed by atoms with E-state index >= 15 is 0 Å². The van der Waals surface area contributed by atoms with Crippen molar-refractivity contribution in [2.24, 2.45) is 0 Å². The maximum Gasteiger partial charge on any atom is 0.251 e. The molecule has 0 unspecified atom stereocenters. The molecule has 0 atom stereocenters. The number of benzene rings is 2. The highest BCUT2D eigenvalue weighted by Gasteiger charge is 2.19. The van der Waals surface area contributed by atoms with Crippen LogP contribution in [0.2, 0.25) is 0 Å². The summed E-state index contributed by atoms with van der Waals surface area (Å²) in [7, 11) is 0. The summed E-state index contributed by atoms with van der Waals surface area (Å²) < 4.78 is 0. The SMILES string of the molecule is O=C1NCc2ccc(-c3ccc(SC4CCCCC4)cc3)cc21. The first-order chi connectivity index (χ1) is 11.3. The van der Waals surface area contributed by atoms with E-state index in [0.29, 0.717) is 6.54 Å². The summed E-state index contributed by atoms with van der Waals surface area (Å²) in [5.74, 6) is 0.0475. The van der Waals surface area contributed by atoms with Crippen molar-refractivity contribution in [3.05, 3.63) is 53.6 Å². The van der Waals surface area contributed by atoms with E-state index in [4.69, 9.17) is 0 Å². The minimum atomic E-state index is 0.0475. The van der Waals surface area contributed by atoms with Crippen LogP contribution in [0.15, 0.2) is 47.4 Å². The van der Waals surface area contributed by atoms with E-state index in [1.54, 1.807) is 0 Å². The summed E-state index contributed by atoms with van der Waals surface area (Å²) >= 11 is 2.02. The normalized spacial score (nSPS) is 17.8. The van der Waals surface area contributed by atoms with Crippen LogP contribution in [0.3, 0.4) is 0 Å². The standard InChI is InChI=1S/C20H21NOS/c22-20-19-12-15(6-7-16(19)13-21-20)14-8-10-18(11-9-14)23-17-4-2-1-3-5-17/h6-12,17H,1-5,13H2,(H,21,22). The third-order valence-electron chi connectivity index (χ3n) is 4.84. The lowest BCUT2D eigenvalue weighted by Gasteiger charge is -2.21. The summed E-state index contributed by atoms with van der Waals surface area (Å²) in [6, 6.07) is 15.0. The van der Waals surface area contributed by atoms with Crippen LogP contribution in [0.5, 0.6) is 0 Å². The Hall–Kier alpha value is -1.74. The van der Waals surface area contributed by atoms with Crippen molar-refractivity contribution in [3.8, 4) is 11.1 Å². The van der Waals surface area contributed by atoms with E-state index in [2.05, 4.69) is 41.7 Å². The van der Waals surface area contributed by atoms with Gasteiger partial charge in [-0.25, -0.2) is 0 Å².